The topological polar surface area (TPSA) is 71.0 Å². The normalized spacial score (nSPS) is 28.8. The summed E-state index contributed by atoms with van der Waals surface area (Å²) in [6.45, 7) is 10.8. The highest BCUT2D eigenvalue weighted by Gasteiger charge is 2.51. The molecule has 3 aliphatic rings. The van der Waals surface area contributed by atoms with E-state index in [4.69, 9.17) is 9.47 Å². The number of anilines is 1. The Bertz CT molecular complexity index is 1620. The van der Waals surface area contributed by atoms with Gasteiger partial charge in [0.2, 0.25) is 5.82 Å². The molecule has 3 fully saturated rings. The van der Waals surface area contributed by atoms with Crippen LogP contribution in [0.5, 0.6) is 0 Å². The molecule has 1 amide bonds. The fraction of sp³-hybridized carbons (Fsp3) is 0.472. The molecule has 3 aromatic rings. The second-order valence-corrected chi connectivity index (χ2v) is 14.5. The number of aliphatic hydroxyl groups is 1. The predicted octanol–water partition coefficient (Wildman–Crippen LogP) is 7.82. The Kier molecular flexibility index (Phi) is 8.97. The molecule has 1 saturated carbocycles. The van der Waals surface area contributed by atoms with Gasteiger partial charge in [0.25, 0.3) is 5.91 Å². The Morgan fingerprint density at radius 2 is 1.47 bits per heavy atom. The summed E-state index contributed by atoms with van der Waals surface area (Å²) in [4.78, 5) is 15.1. The summed E-state index contributed by atoms with van der Waals surface area (Å²) in [7, 11) is 0. The van der Waals surface area contributed by atoms with Crippen molar-refractivity contribution in [2.45, 2.75) is 78.1 Å². The molecule has 2 aliphatic heterocycles. The van der Waals surface area contributed by atoms with E-state index in [0.717, 1.165) is 37.1 Å². The first-order chi connectivity index (χ1) is 22.2. The van der Waals surface area contributed by atoms with E-state index in [9.17, 15) is 31.9 Å². The maximum absolute atomic E-state index is 14.2. The van der Waals surface area contributed by atoms with Crippen LogP contribution in [0, 0.1) is 45.8 Å². The first kappa shape index (κ1) is 33.5. The van der Waals surface area contributed by atoms with Crippen molar-refractivity contribution in [2.24, 2.45) is 16.7 Å². The summed E-state index contributed by atoms with van der Waals surface area (Å²) in [5.74, 6) is -12.7. The number of aliphatic hydroxyl groups excluding tert-OH is 1. The molecule has 0 radical (unpaired) electrons. The molecule has 0 spiro atoms. The van der Waals surface area contributed by atoms with E-state index in [-0.39, 0.29) is 41.3 Å². The number of fused-ring (bicyclic) bond motifs is 2. The van der Waals surface area contributed by atoms with Gasteiger partial charge in [0, 0.05) is 36.3 Å². The molecule has 1 aliphatic carbocycles. The Labute approximate surface area is 270 Å². The number of ether oxygens (including phenoxy) is 2. The van der Waals surface area contributed by atoms with Crippen LogP contribution in [0.3, 0.4) is 0 Å². The predicted molar refractivity (Wildman–Crippen MR) is 165 cm³/mol. The van der Waals surface area contributed by atoms with Gasteiger partial charge in [0.15, 0.2) is 29.6 Å². The van der Waals surface area contributed by atoms with E-state index < -0.39 is 46.8 Å². The summed E-state index contributed by atoms with van der Waals surface area (Å²) >= 11 is 0. The van der Waals surface area contributed by atoms with E-state index in [1.807, 2.05) is 24.3 Å². The van der Waals surface area contributed by atoms with Gasteiger partial charge < -0.3 is 19.9 Å². The molecule has 47 heavy (non-hydrogen) atoms. The third-order valence-corrected chi connectivity index (χ3v) is 9.94. The van der Waals surface area contributed by atoms with Crippen LogP contribution in [0.1, 0.15) is 86.4 Å². The number of hydrogen-bond donors (Lipinski definition) is 2. The number of carbonyl (C=O) groups is 1. The van der Waals surface area contributed by atoms with Gasteiger partial charge in [-0.25, -0.2) is 22.0 Å². The number of likely N-dealkylation sites (tertiary alicyclic amines) is 1. The fourth-order valence-corrected chi connectivity index (χ4v) is 8.07. The van der Waals surface area contributed by atoms with Crippen LogP contribution in [0.15, 0.2) is 48.5 Å². The number of carbonyl (C=O) groups excluding carboxylic acids is 1. The average Bonchev–Trinajstić information content (AvgIpc) is 3.27. The smallest absolute Gasteiger partial charge is 0.261 e. The molecule has 6 atom stereocenters. The zero-order valence-corrected chi connectivity index (χ0v) is 26.8. The second-order valence-electron chi connectivity index (χ2n) is 14.5. The standard InChI is InChI=1S/C36H39F5N2O4/c1-19-25(15-43-18-36(4)14-24(43)13-35(2,3)17-36)46-34(47-32(19)21-7-5-20(16-44)6-8-21)22-9-11-23(12-10-22)42-33(45)26-27(37)29(39)31(41)30(40)28(26)38/h5-12,19,24-25,32,34,44H,13-18H2,1-4H3,(H,42,45). The van der Waals surface area contributed by atoms with Crippen LogP contribution in [-0.2, 0) is 16.1 Å². The fourth-order valence-electron chi connectivity index (χ4n) is 8.07. The molecule has 11 heteroatoms. The lowest BCUT2D eigenvalue weighted by Gasteiger charge is -2.43. The summed E-state index contributed by atoms with van der Waals surface area (Å²) in [6.07, 6.45) is 2.11. The molecule has 6 nitrogen and oxygen atoms in total. The Balaban J connectivity index is 1.24. The van der Waals surface area contributed by atoms with E-state index in [0.29, 0.717) is 11.6 Å². The van der Waals surface area contributed by atoms with Gasteiger partial charge in [-0.05, 0) is 53.4 Å². The SMILES string of the molecule is CC1C(CN2CC3(C)CC2CC(C)(C)C3)OC(c2ccc(NC(=O)c3c(F)c(F)c(F)c(F)c3F)cc2)OC1c1ccc(CO)cc1. The van der Waals surface area contributed by atoms with E-state index >= 15 is 0 Å². The van der Waals surface area contributed by atoms with E-state index in [2.05, 4.69) is 37.9 Å². The van der Waals surface area contributed by atoms with Gasteiger partial charge in [0.05, 0.1) is 18.8 Å². The van der Waals surface area contributed by atoms with Gasteiger partial charge in [-0.3, -0.25) is 9.69 Å². The molecule has 6 unspecified atom stereocenters. The lowest BCUT2D eigenvalue weighted by atomic mass is 9.65. The maximum Gasteiger partial charge on any atom is 0.261 e. The van der Waals surface area contributed by atoms with Crippen LogP contribution in [-0.4, -0.2) is 41.1 Å². The van der Waals surface area contributed by atoms with Crippen molar-refractivity contribution in [2.75, 3.05) is 18.4 Å². The van der Waals surface area contributed by atoms with Crippen LogP contribution in [0.4, 0.5) is 27.6 Å². The largest absolute Gasteiger partial charge is 0.392 e. The number of nitrogens with zero attached hydrogens (tertiary/aromatic N) is 1. The lowest BCUT2D eigenvalue weighted by molar-refractivity contribution is -0.276. The number of benzene rings is 3. The molecule has 6 rings (SSSR count). The molecule has 2 saturated heterocycles. The zero-order chi connectivity index (χ0) is 33.8. The van der Waals surface area contributed by atoms with Crippen molar-refractivity contribution in [1.29, 1.82) is 0 Å². The quantitative estimate of drug-likeness (QED) is 0.154. The van der Waals surface area contributed by atoms with Crippen molar-refractivity contribution in [3.05, 3.63) is 99.9 Å². The summed E-state index contributed by atoms with van der Waals surface area (Å²) in [6, 6.07) is 14.2. The molecule has 252 valence electrons. The third-order valence-electron chi connectivity index (χ3n) is 9.94. The van der Waals surface area contributed by atoms with Gasteiger partial charge in [-0.1, -0.05) is 64.1 Å². The minimum absolute atomic E-state index is 0.0210. The molecular weight excluding hydrogens is 619 g/mol. The summed E-state index contributed by atoms with van der Waals surface area (Å²) in [5, 5.41) is 11.8. The van der Waals surface area contributed by atoms with Crippen molar-refractivity contribution < 1.29 is 41.3 Å². The van der Waals surface area contributed by atoms with Gasteiger partial charge >= 0.3 is 0 Å². The highest BCUT2D eigenvalue weighted by molar-refractivity contribution is 6.04. The minimum Gasteiger partial charge on any atom is -0.392 e. The molecule has 0 aromatic heterocycles. The van der Waals surface area contributed by atoms with Crippen molar-refractivity contribution >= 4 is 11.6 Å². The van der Waals surface area contributed by atoms with Crippen molar-refractivity contribution in [3.63, 3.8) is 0 Å². The number of halogens is 5. The summed E-state index contributed by atoms with van der Waals surface area (Å²) in [5.41, 5.74) is 1.35. The first-order valence-electron chi connectivity index (χ1n) is 15.9. The number of nitrogens with one attached hydrogen (secondary N) is 1. The van der Waals surface area contributed by atoms with Gasteiger partial charge in [0.1, 0.15) is 5.56 Å². The van der Waals surface area contributed by atoms with Crippen LogP contribution >= 0.6 is 0 Å². The highest BCUT2D eigenvalue weighted by atomic mass is 19.2. The first-order valence-corrected chi connectivity index (χ1v) is 15.9. The Morgan fingerprint density at radius 3 is 2.09 bits per heavy atom. The zero-order valence-electron chi connectivity index (χ0n) is 26.8. The van der Waals surface area contributed by atoms with Gasteiger partial charge in [-0.15, -0.1) is 0 Å². The molecular formula is C36H39F5N2O4. The molecule has 2 N–H and O–H groups in total. The number of rotatable bonds is 7. The van der Waals surface area contributed by atoms with Crippen molar-refractivity contribution in [3.8, 4) is 0 Å². The molecule has 2 heterocycles. The second kappa shape index (κ2) is 12.6. The summed E-state index contributed by atoms with van der Waals surface area (Å²) < 4.78 is 82.3. The van der Waals surface area contributed by atoms with Crippen LogP contribution < -0.4 is 5.32 Å². The van der Waals surface area contributed by atoms with Crippen LogP contribution in [0.25, 0.3) is 0 Å². The highest BCUT2D eigenvalue weighted by Crippen LogP contribution is 2.53. The molecule has 3 aromatic carbocycles. The Hall–Kier alpha value is -3.38. The monoisotopic (exact) mass is 658 g/mol. The molecule has 2 bridgehead atoms. The van der Waals surface area contributed by atoms with E-state index in [1.54, 1.807) is 12.1 Å². The minimum atomic E-state index is -2.34. The third kappa shape index (κ3) is 6.55. The van der Waals surface area contributed by atoms with Crippen LogP contribution in [0.2, 0.25) is 0 Å². The lowest BCUT2D eigenvalue weighted by Crippen LogP contribution is -2.46. The van der Waals surface area contributed by atoms with Gasteiger partial charge in [-0.2, -0.15) is 0 Å². The maximum atomic E-state index is 14.2. The van der Waals surface area contributed by atoms with Crippen molar-refractivity contribution in [1.82, 2.24) is 4.90 Å². The average molecular weight is 659 g/mol. The number of hydrogen-bond acceptors (Lipinski definition) is 5. The Morgan fingerprint density at radius 1 is 0.872 bits per heavy atom. The van der Waals surface area contributed by atoms with E-state index in [1.165, 1.54) is 18.6 Å². The number of amides is 1.